The van der Waals surface area contributed by atoms with Crippen LogP contribution in [0.5, 0.6) is 0 Å². The molecular formula is C51H68N4O5. The lowest BCUT2D eigenvalue weighted by molar-refractivity contribution is -0.142. The van der Waals surface area contributed by atoms with Crippen LogP contribution in [-0.2, 0) is 25.5 Å². The molecule has 4 atom stereocenters. The van der Waals surface area contributed by atoms with Crippen LogP contribution in [0.15, 0.2) is 35.2 Å². The highest BCUT2D eigenvalue weighted by atomic mass is 16.5. The number of aromatic amines is 3. The van der Waals surface area contributed by atoms with Crippen LogP contribution in [0.3, 0.4) is 0 Å². The maximum absolute atomic E-state index is 13.6. The average Bonchev–Trinajstić information content (AvgIpc) is 3.97. The van der Waals surface area contributed by atoms with Crippen molar-refractivity contribution in [1.29, 1.82) is 0 Å². The second-order valence-electron chi connectivity index (χ2n) is 17.6. The van der Waals surface area contributed by atoms with E-state index in [0.29, 0.717) is 23.3 Å². The van der Waals surface area contributed by atoms with Gasteiger partial charge >= 0.3 is 11.9 Å². The van der Waals surface area contributed by atoms with Crippen LogP contribution in [0.25, 0.3) is 35.6 Å². The molecule has 0 radical (unpaired) electrons. The Balaban J connectivity index is 1.31. The normalized spacial score (nSPS) is 21.4. The minimum absolute atomic E-state index is 0.0787. The number of hydrogen-bond donors (Lipinski definition) is 5. The number of carbonyl (C=O) groups is 2. The number of aliphatic hydroxyl groups excluding tert-OH is 1. The Hall–Kier alpha value is -5.18. The first-order valence-electron chi connectivity index (χ1n) is 22.3. The predicted molar refractivity (Wildman–Crippen MR) is 245 cm³/mol. The first-order chi connectivity index (χ1) is 28.7. The van der Waals surface area contributed by atoms with Crippen molar-refractivity contribution in [2.75, 3.05) is 13.7 Å². The van der Waals surface area contributed by atoms with Crippen molar-refractivity contribution >= 4 is 47.6 Å². The second kappa shape index (κ2) is 19.0. The van der Waals surface area contributed by atoms with Crippen molar-refractivity contribution in [3.05, 3.63) is 102 Å². The molecule has 60 heavy (non-hydrogen) atoms. The first kappa shape index (κ1) is 44.4. The van der Waals surface area contributed by atoms with E-state index in [4.69, 9.17) is 9.47 Å². The zero-order chi connectivity index (χ0) is 43.4. The van der Waals surface area contributed by atoms with Gasteiger partial charge in [-0.3, -0.25) is 4.79 Å². The number of nitrogens with one attached hydrogen (secondary N) is 4. The molecule has 5 N–H and O–H groups in total. The number of hydrogen-bond acceptors (Lipinski definition) is 6. The summed E-state index contributed by atoms with van der Waals surface area (Å²) < 4.78 is 11.1. The summed E-state index contributed by atoms with van der Waals surface area (Å²) in [5, 5.41) is 17.6. The van der Waals surface area contributed by atoms with E-state index in [2.05, 4.69) is 100 Å². The van der Waals surface area contributed by atoms with E-state index in [0.717, 1.165) is 92.5 Å². The summed E-state index contributed by atoms with van der Waals surface area (Å²) in [5.74, 6) is 0.233. The Bertz CT molecular complexity index is 2390. The van der Waals surface area contributed by atoms with Crippen molar-refractivity contribution in [2.24, 2.45) is 23.7 Å². The number of rotatable bonds is 17. The van der Waals surface area contributed by atoms with E-state index in [1.165, 1.54) is 50.4 Å². The third kappa shape index (κ3) is 8.96. The van der Waals surface area contributed by atoms with E-state index >= 15 is 0 Å². The van der Waals surface area contributed by atoms with Crippen LogP contribution in [0.4, 0.5) is 0 Å². The van der Waals surface area contributed by atoms with E-state index in [1.54, 1.807) is 0 Å². The van der Waals surface area contributed by atoms with Crippen LogP contribution in [0.2, 0.25) is 0 Å². The molecule has 3 aromatic heterocycles. The van der Waals surface area contributed by atoms with Crippen molar-refractivity contribution in [2.45, 2.75) is 127 Å². The molecule has 3 aromatic rings. The molecule has 5 heterocycles. The summed E-state index contributed by atoms with van der Waals surface area (Å²) in [7, 11) is 1.33. The minimum atomic E-state index is -0.629. The van der Waals surface area contributed by atoms with Gasteiger partial charge in [-0.1, -0.05) is 85.0 Å². The van der Waals surface area contributed by atoms with Gasteiger partial charge in [0.05, 0.1) is 12.8 Å². The van der Waals surface area contributed by atoms with Crippen molar-refractivity contribution in [3.8, 4) is 0 Å². The van der Waals surface area contributed by atoms with Gasteiger partial charge in [0.2, 0.25) is 0 Å². The zero-order valence-electron chi connectivity index (χ0n) is 37.8. The number of H-pyrrole nitrogens is 3. The van der Waals surface area contributed by atoms with Crippen molar-refractivity contribution in [3.63, 3.8) is 0 Å². The second-order valence-corrected chi connectivity index (χ2v) is 17.6. The lowest BCUT2D eigenvalue weighted by Gasteiger charge is -2.18. The van der Waals surface area contributed by atoms with Gasteiger partial charge in [0.1, 0.15) is 17.9 Å². The van der Waals surface area contributed by atoms with Gasteiger partial charge in [0.15, 0.2) is 0 Å². The number of fused-ring (bicyclic) bond motifs is 7. The molecule has 0 unspecified atom stereocenters. The molecule has 9 nitrogen and oxygen atoms in total. The SMILES string of the molecule is C=Cc1c2[nH]c(c1C)/C=C1\N/C(=C3/C(C(=O)OC)=C(O)c4c3[nH]c(c4C)/C=c3\[nH]/c(c(C)c3CC)=C\2)[C@@H](CCC(=O)OC/C=C(\C)CCC[C@H](C)CCC[C@H](C)CC)[C@@H]1C. The largest absolute Gasteiger partial charge is 0.506 e. The van der Waals surface area contributed by atoms with E-state index in [1.807, 2.05) is 19.1 Å². The Morgan fingerprint density at radius 1 is 0.900 bits per heavy atom. The van der Waals surface area contributed by atoms with Gasteiger partial charge < -0.3 is 34.8 Å². The molecular weight excluding hydrogens is 749 g/mol. The van der Waals surface area contributed by atoms with Crippen LogP contribution in [0.1, 0.15) is 155 Å². The molecule has 2 aliphatic heterocycles. The number of esters is 2. The predicted octanol–water partition coefficient (Wildman–Crippen LogP) is 10.1. The number of carbonyl (C=O) groups excluding carboxylic acids is 2. The molecule has 0 aromatic carbocycles. The quantitative estimate of drug-likeness (QED) is 0.0681. The minimum Gasteiger partial charge on any atom is -0.506 e. The molecule has 0 saturated carbocycles. The summed E-state index contributed by atoms with van der Waals surface area (Å²) in [5.41, 5.74) is 12.8. The Labute approximate surface area is 356 Å². The highest BCUT2D eigenvalue weighted by Gasteiger charge is 2.43. The van der Waals surface area contributed by atoms with E-state index < -0.39 is 5.97 Å². The summed E-state index contributed by atoms with van der Waals surface area (Å²) in [6, 6.07) is 0. The van der Waals surface area contributed by atoms with Gasteiger partial charge in [-0.2, -0.15) is 0 Å². The maximum Gasteiger partial charge on any atom is 0.342 e. The fraction of sp³-hybridized carbons (Fsp3) is 0.490. The molecule has 0 amide bonds. The lowest BCUT2D eigenvalue weighted by atomic mass is 9.86. The van der Waals surface area contributed by atoms with Crippen molar-refractivity contribution < 1.29 is 24.2 Å². The molecule has 1 saturated heterocycles. The zero-order valence-corrected chi connectivity index (χ0v) is 37.8. The molecule has 322 valence electrons. The van der Waals surface area contributed by atoms with Crippen LogP contribution in [-0.4, -0.2) is 45.7 Å². The number of ether oxygens (including phenoxy) is 2. The highest BCUT2D eigenvalue weighted by Crippen LogP contribution is 2.49. The average molecular weight is 817 g/mol. The maximum atomic E-state index is 13.6. The fourth-order valence-electron chi connectivity index (χ4n) is 9.46. The number of aromatic nitrogens is 3. The summed E-state index contributed by atoms with van der Waals surface area (Å²) in [6.07, 6.45) is 20.3. The van der Waals surface area contributed by atoms with E-state index in [9.17, 15) is 14.7 Å². The topological polar surface area (TPSA) is 132 Å². The summed E-state index contributed by atoms with van der Waals surface area (Å²) >= 11 is 0. The molecule has 1 aliphatic carbocycles. The van der Waals surface area contributed by atoms with Gasteiger partial charge in [-0.25, -0.2) is 4.79 Å². The van der Waals surface area contributed by atoms with Gasteiger partial charge in [0.25, 0.3) is 0 Å². The van der Waals surface area contributed by atoms with Gasteiger partial charge in [0, 0.05) is 74.1 Å². The molecule has 6 rings (SSSR count). The molecule has 8 bridgehead atoms. The van der Waals surface area contributed by atoms with Gasteiger partial charge in [-0.15, -0.1) is 0 Å². The third-order valence-corrected chi connectivity index (χ3v) is 13.6. The monoisotopic (exact) mass is 817 g/mol. The number of aliphatic hydroxyl groups is 1. The molecule has 0 spiro atoms. The van der Waals surface area contributed by atoms with Crippen LogP contribution in [0, 0.1) is 44.4 Å². The van der Waals surface area contributed by atoms with Gasteiger partial charge in [-0.05, 0) is 112 Å². The third-order valence-electron chi connectivity index (χ3n) is 13.6. The smallest absolute Gasteiger partial charge is 0.342 e. The standard InChI is InChI=1S/C51H68N4O5/c1-12-28(4)17-15-18-29(5)19-16-20-30(6)23-24-60-44(56)22-21-37-33(9)40-25-38-31(7)35(13-2)42(52-38)26-39-32(8)36(14-3)43(53-39)27-41-34(10)45-49(55-41)46(48(37)54-40)47(50(45)57)51(58)59-11/h13,23,25-29,33,37,52-55,57H,2,12,14-22,24H2,1,3-11H3/b30-23+,39-26-,40-25-,43-27-,48-46-/t28-,29-,33+,37+/m1/s1. The summed E-state index contributed by atoms with van der Waals surface area (Å²) in [4.78, 5) is 37.9. The van der Waals surface area contributed by atoms with Crippen LogP contribution >= 0.6 is 0 Å². The van der Waals surface area contributed by atoms with E-state index in [-0.39, 0.29) is 42.2 Å². The molecule has 3 aliphatic rings. The lowest BCUT2D eigenvalue weighted by Crippen LogP contribution is -2.16. The highest BCUT2D eigenvalue weighted by molar-refractivity contribution is 6.17. The Morgan fingerprint density at radius 3 is 2.30 bits per heavy atom. The Kier molecular flexibility index (Phi) is 14.1. The van der Waals surface area contributed by atoms with Crippen LogP contribution < -0.4 is 16.0 Å². The molecule has 9 heteroatoms. The molecule has 1 fully saturated rings. The number of allylic oxidation sites excluding steroid dienone is 3. The fourth-order valence-corrected chi connectivity index (χ4v) is 9.46. The van der Waals surface area contributed by atoms with Crippen molar-refractivity contribution in [1.82, 2.24) is 20.3 Å². The Morgan fingerprint density at radius 2 is 1.60 bits per heavy atom. The first-order valence-corrected chi connectivity index (χ1v) is 22.3. The summed E-state index contributed by atoms with van der Waals surface area (Å²) in [6.45, 7) is 24.0. The number of methoxy groups -OCH3 is 1.